The Balaban J connectivity index is 4.16. The van der Waals surface area contributed by atoms with E-state index in [1.807, 2.05) is 12.2 Å². The van der Waals surface area contributed by atoms with Crippen molar-refractivity contribution in [3.63, 3.8) is 0 Å². The molecule has 0 radical (unpaired) electrons. The number of hydrogen-bond acceptors (Lipinski definition) is 2. The molecule has 0 aliphatic carbocycles. The highest BCUT2D eigenvalue weighted by Gasteiger charge is 2.17. The van der Waals surface area contributed by atoms with Gasteiger partial charge < -0.3 is 10.2 Å². The van der Waals surface area contributed by atoms with Gasteiger partial charge in [0.25, 0.3) is 0 Å². The normalized spacial score (nSPS) is 18.1. The van der Waals surface area contributed by atoms with Crippen LogP contribution in [0.1, 0.15) is 26.7 Å². The summed E-state index contributed by atoms with van der Waals surface area (Å²) in [6.45, 7) is 11.6. The summed E-state index contributed by atoms with van der Waals surface area (Å²) in [4.78, 5) is 0. The maximum absolute atomic E-state index is 10.1. The fourth-order valence-electron chi connectivity index (χ4n) is 1.74. The predicted molar refractivity (Wildman–Crippen MR) is 87.1 cm³/mol. The highest BCUT2D eigenvalue weighted by atomic mass is 28.3. The second kappa shape index (κ2) is 9.51. The summed E-state index contributed by atoms with van der Waals surface area (Å²) in [7, 11) is -1.00. The van der Waals surface area contributed by atoms with Gasteiger partial charge in [0.05, 0.1) is 6.10 Å². The van der Waals surface area contributed by atoms with E-state index in [9.17, 15) is 5.11 Å². The van der Waals surface area contributed by atoms with E-state index >= 15 is 0 Å². The Morgan fingerprint density at radius 2 is 1.68 bits per heavy atom. The third kappa shape index (κ3) is 10.1. The Hall–Kier alpha value is -0.383. The van der Waals surface area contributed by atoms with Crippen molar-refractivity contribution in [1.29, 1.82) is 0 Å². The molecule has 2 N–H and O–H groups in total. The van der Waals surface area contributed by atoms with Crippen molar-refractivity contribution in [3.8, 4) is 0 Å². The van der Waals surface area contributed by atoms with E-state index in [1.54, 1.807) is 0 Å². The van der Waals surface area contributed by atoms with E-state index in [1.165, 1.54) is 6.04 Å². The van der Waals surface area contributed by atoms with Crippen molar-refractivity contribution in [2.75, 3.05) is 6.61 Å². The van der Waals surface area contributed by atoms with Crippen LogP contribution < -0.4 is 0 Å². The summed E-state index contributed by atoms with van der Waals surface area (Å²) in [6, 6.07) is 1.20. The van der Waals surface area contributed by atoms with Crippen LogP contribution in [0.2, 0.25) is 25.7 Å². The molecule has 2 nitrogen and oxygen atoms in total. The smallest absolute Gasteiger partial charge is 0.0751 e. The molecule has 0 aromatic heterocycles. The summed E-state index contributed by atoms with van der Waals surface area (Å²) in [5.41, 5.74) is 0. The third-order valence-corrected chi connectivity index (χ3v) is 4.86. The van der Waals surface area contributed by atoms with E-state index < -0.39 is 14.2 Å². The zero-order valence-electron chi connectivity index (χ0n) is 13.3. The van der Waals surface area contributed by atoms with Crippen LogP contribution in [0.25, 0.3) is 0 Å². The molecule has 0 heterocycles. The first kappa shape index (κ1) is 18.6. The molecule has 0 bridgehead atoms. The van der Waals surface area contributed by atoms with Gasteiger partial charge in [-0.15, -0.1) is 0 Å². The minimum atomic E-state index is -1.00. The quantitative estimate of drug-likeness (QED) is 0.384. The van der Waals surface area contributed by atoms with Crippen molar-refractivity contribution < 1.29 is 10.2 Å². The van der Waals surface area contributed by atoms with Crippen LogP contribution in [-0.4, -0.2) is 31.0 Å². The fraction of sp³-hybridized carbons (Fsp3) is 0.750. The Labute approximate surface area is 120 Å². The summed E-state index contributed by atoms with van der Waals surface area (Å²) >= 11 is 0. The van der Waals surface area contributed by atoms with Gasteiger partial charge in [-0.05, 0) is 30.7 Å². The van der Waals surface area contributed by atoms with E-state index in [0.717, 1.165) is 12.8 Å². The number of aliphatic hydroxyl groups is 2. The first-order valence-corrected chi connectivity index (χ1v) is 11.1. The second-order valence-corrected chi connectivity index (χ2v) is 12.2. The van der Waals surface area contributed by atoms with Crippen molar-refractivity contribution in [3.05, 3.63) is 24.3 Å². The standard InChI is InChI=1S/C16H32O2Si/c1-14(10-9-13-19(3,4)5)15(2)16(18)11-7-6-8-12-17/h7,9-11,14-18H,6,8,12-13H2,1-5H3/b10-9+,11-7+/t14-,15+,16?/m1/s1. The molecule has 3 heteroatoms. The first-order chi connectivity index (χ1) is 8.78. The lowest BCUT2D eigenvalue weighted by atomic mass is 9.90. The second-order valence-electron chi connectivity index (χ2n) is 6.70. The molecule has 112 valence electrons. The van der Waals surface area contributed by atoms with Gasteiger partial charge in [-0.25, -0.2) is 0 Å². The molecule has 0 saturated carbocycles. The van der Waals surface area contributed by atoms with E-state index in [4.69, 9.17) is 5.11 Å². The summed E-state index contributed by atoms with van der Waals surface area (Å²) in [5, 5.41) is 18.8. The van der Waals surface area contributed by atoms with Crippen LogP contribution in [-0.2, 0) is 0 Å². The van der Waals surface area contributed by atoms with Gasteiger partial charge in [0, 0.05) is 14.7 Å². The van der Waals surface area contributed by atoms with E-state index in [2.05, 4.69) is 45.6 Å². The van der Waals surface area contributed by atoms with Gasteiger partial charge in [-0.3, -0.25) is 0 Å². The third-order valence-electron chi connectivity index (χ3n) is 3.40. The van der Waals surface area contributed by atoms with Crippen molar-refractivity contribution >= 4 is 8.07 Å². The molecule has 0 aliphatic rings. The van der Waals surface area contributed by atoms with Gasteiger partial charge in [0.15, 0.2) is 0 Å². The maximum Gasteiger partial charge on any atom is 0.0751 e. The summed E-state index contributed by atoms with van der Waals surface area (Å²) in [5.74, 6) is 0.608. The molecule has 0 spiro atoms. The number of allylic oxidation sites excluding steroid dienone is 3. The SMILES string of the molecule is C[C@H](/C=C/C[Si](C)(C)C)[C@H](C)C(O)/C=C/CCCO. The van der Waals surface area contributed by atoms with Crippen LogP contribution in [0.5, 0.6) is 0 Å². The van der Waals surface area contributed by atoms with Crippen LogP contribution in [0.3, 0.4) is 0 Å². The molecule has 0 amide bonds. The van der Waals surface area contributed by atoms with Gasteiger partial charge in [0.2, 0.25) is 0 Å². The number of hydrogen-bond donors (Lipinski definition) is 2. The fourth-order valence-corrected chi connectivity index (χ4v) is 2.59. The van der Waals surface area contributed by atoms with Gasteiger partial charge in [0.1, 0.15) is 0 Å². The van der Waals surface area contributed by atoms with Crippen molar-refractivity contribution in [1.82, 2.24) is 0 Å². The molecule has 0 saturated heterocycles. The number of aliphatic hydroxyl groups excluding tert-OH is 2. The monoisotopic (exact) mass is 284 g/mol. The lowest BCUT2D eigenvalue weighted by Gasteiger charge is -2.21. The molecule has 0 rings (SSSR count). The lowest BCUT2D eigenvalue weighted by Crippen LogP contribution is -2.21. The molecular formula is C16H32O2Si. The molecule has 0 aliphatic heterocycles. The minimum absolute atomic E-state index is 0.214. The topological polar surface area (TPSA) is 40.5 Å². The molecule has 0 fully saturated rings. The highest BCUT2D eigenvalue weighted by molar-refractivity contribution is 6.76. The average molecular weight is 285 g/mol. The minimum Gasteiger partial charge on any atom is -0.396 e. The van der Waals surface area contributed by atoms with Crippen LogP contribution in [0, 0.1) is 11.8 Å². The van der Waals surface area contributed by atoms with E-state index in [-0.39, 0.29) is 12.5 Å². The Kier molecular flexibility index (Phi) is 9.32. The van der Waals surface area contributed by atoms with Crippen molar-refractivity contribution in [2.45, 2.75) is 58.5 Å². The summed E-state index contributed by atoms with van der Waals surface area (Å²) < 4.78 is 0. The van der Waals surface area contributed by atoms with E-state index in [0.29, 0.717) is 5.92 Å². The molecule has 19 heavy (non-hydrogen) atoms. The van der Waals surface area contributed by atoms with Gasteiger partial charge in [-0.2, -0.15) is 0 Å². The maximum atomic E-state index is 10.1. The lowest BCUT2D eigenvalue weighted by molar-refractivity contribution is 0.141. The Bertz CT molecular complexity index is 279. The zero-order chi connectivity index (χ0) is 14.9. The Morgan fingerprint density at radius 3 is 2.21 bits per heavy atom. The Morgan fingerprint density at radius 1 is 1.05 bits per heavy atom. The highest BCUT2D eigenvalue weighted by Crippen LogP contribution is 2.19. The zero-order valence-corrected chi connectivity index (χ0v) is 14.3. The van der Waals surface area contributed by atoms with Crippen molar-refractivity contribution in [2.24, 2.45) is 11.8 Å². The van der Waals surface area contributed by atoms with Crippen LogP contribution in [0.4, 0.5) is 0 Å². The first-order valence-electron chi connectivity index (χ1n) is 7.40. The largest absolute Gasteiger partial charge is 0.396 e. The predicted octanol–water partition coefficient (Wildman–Crippen LogP) is 3.84. The molecule has 3 atom stereocenters. The van der Waals surface area contributed by atoms with Gasteiger partial charge in [-0.1, -0.05) is 57.8 Å². The molecular weight excluding hydrogens is 252 g/mol. The summed E-state index contributed by atoms with van der Waals surface area (Å²) in [6.07, 6.45) is 9.57. The number of rotatable bonds is 9. The molecule has 0 aromatic rings. The number of unbranched alkanes of at least 4 members (excludes halogenated alkanes) is 1. The van der Waals surface area contributed by atoms with Crippen LogP contribution >= 0.6 is 0 Å². The van der Waals surface area contributed by atoms with Gasteiger partial charge >= 0.3 is 0 Å². The van der Waals surface area contributed by atoms with Crippen LogP contribution in [0.15, 0.2) is 24.3 Å². The molecule has 1 unspecified atom stereocenters. The molecule has 0 aromatic carbocycles. The average Bonchev–Trinajstić information content (AvgIpc) is 2.31.